The van der Waals surface area contributed by atoms with Crippen molar-refractivity contribution in [2.24, 2.45) is 0 Å². The molecule has 0 spiro atoms. The van der Waals surface area contributed by atoms with E-state index in [0.717, 1.165) is 28.1 Å². The Labute approximate surface area is 174 Å². The lowest BCUT2D eigenvalue weighted by molar-refractivity contribution is 0.182. The summed E-state index contributed by atoms with van der Waals surface area (Å²) in [6.07, 6.45) is 0. The highest BCUT2D eigenvalue weighted by atomic mass is 32.2. The van der Waals surface area contributed by atoms with Gasteiger partial charge in [0.25, 0.3) is 0 Å². The summed E-state index contributed by atoms with van der Waals surface area (Å²) in [5.74, 6) is -0.574. The standard InChI is InChI=1S/C22H23FN2O4S/c1-15-6-7-20-17(12-21(26)29-22(20)16(15)2)14-24-8-10-25(11-9-24)30(27,28)19-5-3-4-18(23)13-19/h3-7,12-13H,8-11,14H2,1-2H3. The molecule has 3 aromatic rings. The first-order valence-electron chi connectivity index (χ1n) is 9.77. The molecule has 6 nitrogen and oxygen atoms in total. The van der Waals surface area contributed by atoms with Crippen molar-refractivity contribution >= 4 is 21.0 Å². The molecule has 0 N–H and O–H groups in total. The van der Waals surface area contributed by atoms with E-state index in [-0.39, 0.29) is 4.90 Å². The van der Waals surface area contributed by atoms with Gasteiger partial charge in [-0.15, -0.1) is 0 Å². The van der Waals surface area contributed by atoms with Gasteiger partial charge in [0.1, 0.15) is 11.4 Å². The Morgan fingerprint density at radius 2 is 1.77 bits per heavy atom. The molecule has 0 amide bonds. The smallest absolute Gasteiger partial charge is 0.336 e. The van der Waals surface area contributed by atoms with E-state index in [4.69, 9.17) is 4.42 Å². The third kappa shape index (κ3) is 3.90. The van der Waals surface area contributed by atoms with Gasteiger partial charge in [0.2, 0.25) is 10.0 Å². The van der Waals surface area contributed by atoms with Crippen LogP contribution in [0.1, 0.15) is 16.7 Å². The number of hydrogen-bond acceptors (Lipinski definition) is 5. The summed E-state index contributed by atoms with van der Waals surface area (Å²) in [4.78, 5) is 14.2. The van der Waals surface area contributed by atoms with Crippen LogP contribution in [0.25, 0.3) is 11.0 Å². The van der Waals surface area contributed by atoms with Crippen LogP contribution in [-0.2, 0) is 16.6 Å². The Kier molecular flexibility index (Phi) is 5.48. The van der Waals surface area contributed by atoms with Gasteiger partial charge in [-0.25, -0.2) is 17.6 Å². The summed E-state index contributed by atoms with van der Waals surface area (Å²) >= 11 is 0. The summed E-state index contributed by atoms with van der Waals surface area (Å²) in [7, 11) is -3.73. The van der Waals surface area contributed by atoms with Crippen molar-refractivity contribution in [1.82, 2.24) is 9.21 Å². The fourth-order valence-electron chi connectivity index (χ4n) is 3.80. The zero-order chi connectivity index (χ0) is 21.5. The predicted molar refractivity (Wildman–Crippen MR) is 112 cm³/mol. The van der Waals surface area contributed by atoms with E-state index in [2.05, 4.69) is 4.90 Å². The fraction of sp³-hybridized carbons (Fsp3) is 0.318. The van der Waals surface area contributed by atoms with Gasteiger partial charge in [0.05, 0.1) is 4.90 Å². The first kappa shape index (κ1) is 20.7. The summed E-state index contributed by atoms with van der Waals surface area (Å²) in [5.41, 5.74) is 3.07. The molecular weight excluding hydrogens is 407 g/mol. The van der Waals surface area contributed by atoms with Gasteiger partial charge in [-0.05, 0) is 48.7 Å². The summed E-state index contributed by atoms with van der Waals surface area (Å²) in [5, 5.41) is 0.896. The molecule has 1 aromatic heterocycles. The number of nitrogens with zero attached hydrogens (tertiary/aromatic N) is 2. The fourth-order valence-corrected chi connectivity index (χ4v) is 5.26. The number of halogens is 1. The quantitative estimate of drug-likeness (QED) is 0.595. The molecular formula is C22H23FN2O4S. The van der Waals surface area contributed by atoms with Gasteiger partial charge in [-0.2, -0.15) is 4.31 Å². The van der Waals surface area contributed by atoms with Crippen LogP contribution in [0, 0.1) is 19.7 Å². The van der Waals surface area contributed by atoms with Crippen LogP contribution >= 0.6 is 0 Å². The molecule has 1 fully saturated rings. The predicted octanol–water partition coefficient (Wildman–Crippen LogP) is 3.06. The molecule has 0 atom stereocenters. The van der Waals surface area contributed by atoms with Gasteiger partial charge in [-0.1, -0.05) is 18.2 Å². The number of sulfonamides is 1. The van der Waals surface area contributed by atoms with Crippen molar-refractivity contribution in [2.75, 3.05) is 26.2 Å². The van der Waals surface area contributed by atoms with Crippen LogP contribution in [0.2, 0.25) is 0 Å². The molecule has 8 heteroatoms. The maximum absolute atomic E-state index is 13.5. The molecule has 158 valence electrons. The number of aryl methyl sites for hydroxylation is 2. The third-order valence-corrected chi connectivity index (χ3v) is 7.57. The third-order valence-electron chi connectivity index (χ3n) is 5.68. The lowest BCUT2D eigenvalue weighted by atomic mass is 10.0. The molecule has 0 unspecified atom stereocenters. The van der Waals surface area contributed by atoms with Crippen molar-refractivity contribution < 1.29 is 17.2 Å². The Morgan fingerprint density at radius 1 is 1.03 bits per heavy atom. The molecule has 0 radical (unpaired) electrons. The first-order chi connectivity index (χ1) is 14.3. The topological polar surface area (TPSA) is 70.8 Å². The van der Waals surface area contributed by atoms with E-state index in [9.17, 15) is 17.6 Å². The molecule has 1 aliphatic rings. The SMILES string of the molecule is Cc1ccc2c(CN3CCN(S(=O)(=O)c4cccc(F)c4)CC3)cc(=O)oc2c1C. The Bertz CT molecular complexity index is 1260. The zero-order valence-corrected chi connectivity index (χ0v) is 17.7. The van der Waals surface area contributed by atoms with Gasteiger partial charge in [0, 0.05) is 44.2 Å². The molecule has 0 bridgehead atoms. The monoisotopic (exact) mass is 430 g/mol. The second-order valence-corrected chi connectivity index (χ2v) is 9.55. The van der Waals surface area contributed by atoms with Crippen LogP contribution < -0.4 is 5.63 Å². The van der Waals surface area contributed by atoms with E-state index in [1.54, 1.807) is 0 Å². The van der Waals surface area contributed by atoms with E-state index in [1.807, 2.05) is 26.0 Å². The zero-order valence-electron chi connectivity index (χ0n) is 16.9. The first-order valence-corrected chi connectivity index (χ1v) is 11.2. The second kappa shape index (κ2) is 7.94. The molecule has 0 saturated carbocycles. The van der Waals surface area contributed by atoms with Gasteiger partial charge in [0.15, 0.2) is 0 Å². The van der Waals surface area contributed by atoms with Gasteiger partial charge in [-0.3, -0.25) is 4.90 Å². The highest BCUT2D eigenvalue weighted by Gasteiger charge is 2.29. The Morgan fingerprint density at radius 3 is 2.47 bits per heavy atom. The Balaban J connectivity index is 1.52. The highest BCUT2D eigenvalue weighted by Crippen LogP contribution is 2.25. The average Bonchev–Trinajstić information content (AvgIpc) is 2.71. The van der Waals surface area contributed by atoms with Crippen LogP contribution in [-0.4, -0.2) is 43.8 Å². The van der Waals surface area contributed by atoms with Crippen LogP contribution in [0.15, 0.2) is 56.6 Å². The molecule has 2 aromatic carbocycles. The highest BCUT2D eigenvalue weighted by molar-refractivity contribution is 7.89. The lowest BCUT2D eigenvalue weighted by Gasteiger charge is -2.34. The molecule has 0 aliphatic carbocycles. The minimum Gasteiger partial charge on any atom is -0.422 e. The molecule has 1 aliphatic heterocycles. The molecule has 2 heterocycles. The summed E-state index contributed by atoms with van der Waals surface area (Å²) in [6.45, 7) is 6.06. The van der Waals surface area contributed by atoms with E-state index in [0.29, 0.717) is 38.3 Å². The normalized spacial score (nSPS) is 16.2. The van der Waals surface area contributed by atoms with Crippen molar-refractivity contribution in [3.8, 4) is 0 Å². The minimum atomic E-state index is -3.73. The van der Waals surface area contributed by atoms with Crippen molar-refractivity contribution in [3.05, 3.63) is 75.4 Å². The van der Waals surface area contributed by atoms with Crippen LogP contribution in [0.5, 0.6) is 0 Å². The van der Waals surface area contributed by atoms with Crippen molar-refractivity contribution in [2.45, 2.75) is 25.3 Å². The van der Waals surface area contributed by atoms with Crippen molar-refractivity contribution in [3.63, 3.8) is 0 Å². The van der Waals surface area contributed by atoms with E-state index in [1.165, 1.54) is 28.6 Å². The lowest BCUT2D eigenvalue weighted by Crippen LogP contribution is -2.48. The largest absolute Gasteiger partial charge is 0.422 e. The number of fused-ring (bicyclic) bond motifs is 1. The summed E-state index contributed by atoms with van der Waals surface area (Å²) < 4.78 is 45.8. The number of piperazine rings is 1. The Hall–Kier alpha value is -2.55. The maximum atomic E-state index is 13.5. The van der Waals surface area contributed by atoms with Gasteiger partial charge < -0.3 is 4.42 Å². The number of benzene rings is 2. The average molecular weight is 431 g/mol. The van der Waals surface area contributed by atoms with Crippen LogP contribution in [0.3, 0.4) is 0 Å². The number of hydrogen-bond donors (Lipinski definition) is 0. The maximum Gasteiger partial charge on any atom is 0.336 e. The van der Waals surface area contributed by atoms with Crippen LogP contribution in [0.4, 0.5) is 4.39 Å². The number of rotatable bonds is 4. The van der Waals surface area contributed by atoms with E-state index >= 15 is 0 Å². The molecule has 4 rings (SSSR count). The summed E-state index contributed by atoms with van der Waals surface area (Å²) in [6, 6.07) is 10.5. The van der Waals surface area contributed by atoms with Crippen molar-refractivity contribution in [1.29, 1.82) is 0 Å². The second-order valence-electron chi connectivity index (χ2n) is 7.61. The molecule has 1 saturated heterocycles. The minimum absolute atomic E-state index is 0.0338. The van der Waals surface area contributed by atoms with E-state index < -0.39 is 21.5 Å². The van der Waals surface area contributed by atoms with Gasteiger partial charge >= 0.3 is 5.63 Å². The molecule has 30 heavy (non-hydrogen) atoms.